The Morgan fingerprint density at radius 2 is 1.28 bits per heavy atom. The highest BCUT2D eigenvalue weighted by atomic mass is 16.6. The number of rotatable bonds is 21. The lowest BCUT2D eigenvalue weighted by Crippen LogP contribution is -2.47. The van der Waals surface area contributed by atoms with Crippen molar-refractivity contribution in [1.29, 1.82) is 0 Å². The lowest BCUT2D eigenvalue weighted by Gasteiger charge is -2.37. The second-order valence-electron chi connectivity index (χ2n) is 10.1. The van der Waals surface area contributed by atoms with E-state index in [2.05, 4.69) is 27.7 Å². The van der Waals surface area contributed by atoms with Crippen LogP contribution in [0.2, 0.25) is 0 Å². The molecule has 206 valence electrons. The van der Waals surface area contributed by atoms with Crippen LogP contribution in [0.3, 0.4) is 0 Å². The molecule has 1 rings (SSSR count). The van der Waals surface area contributed by atoms with Crippen molar-refractivity contribution in [3.63, 3.8) is 0 Å². The van der Waals surface area contributed by atoms with Gasteiger partial charge in [-0.15, -0.1) is 0 Å². The van der Waals surface area contributed by atoms with Crippen LogP contribution in [0.4, 0.5) is 10.5 Å². The summed E-state index contributed by atoms with van der Waals surface area (Å²) in [5, 5.41) is 11.4. The molecule has 0 bridgehead atoms. The van der Waals surface area contributed by atoms with Crippen LogP contribution in [0.25, 0.3) is 0 Å². The molecule has 0 aromatic heterocycles. The van der Waals surface area contributed by atoms with Gasteiger partial charge in [0.25, 0.3) is 5.69 Å². The minimum Gasteiger partial charge on any atom is -0.444 e. The Kier molecular flexibility index (Phi) is 17.7. The van der Waals surface area contributed by atoms with Crippen molar-refractivity contribution in [3.05, 3.63) is 39.9 Å². The van der Waals surface area contributed by atoms with E-state index in [1.807, 2.05) is 4.90 Å². The van der Waals surface area contributed by atoms with E-state index in [1.165, 1.54) is 70.3 Å². The topological polar surface area (TPSA) is 72.7 Å². The fraction of sp³-hybridized carbons (Fsp3) is 0.767. The molecule has 0 saturated carbocycles. The van der Waals surface area contributed by atoms with Crippen LogP contribution < -0.4 is 0 Å². The first-order chi connectivity index (χ1) is 17.5. The lowest BCUT2D eigenvalue weighted by atomic mass is 9.98. The SMILES string of the molecule is CCCCCCCCC(CC)N(C(=O)OCc1ccccc1[N+](=O)[O-])C(CC)CCCCCCCC. The zero-order chi connectivity index (χ0) is 26.6. The largest absolute Gasteiger partial charge is 0.444 e. The van der Waals surface area contributed by atoms with Crippen molar-refractivity contribution in [2.45, 2.75) is 149 Å². The van der Waals surface area contributed by atoms with E-state index in [0.717, 1.165) is 38.5 Å². The van der Waals surface area contributed by atoms with Gasteiger partial charge in [0.15, 0.2) is 0 Å². The second kappa shape index (κ2) is 20.0. The van der Waals surface area contributed by atoms with Gasteiger partial charge < -0.3 is 9.64 Å². The maximum Gasteiger partial charge on any atom is 0.410 e. The van der Waals surface area contributed by atoms with Crippen molar-refractivity contribution in [2.24, 2.45) is 0 Å². The third kappa shape index (κ3) is 12.2. The summed E-state index contributed by atoms with van der Waals surface area (Å²) in [7, 11) is 0. The van der Waals surface area contributed by atoms with E-state index >= 15 is 0 Å². The molecule has 2 atom stereocenters. The summed E-state index contributed by atoms with van der Waals surface area (Å²) in [5.74, 6) is 0. The molecule has 0 saturated heterocycles. The molecule has 1 amide bonds. The van der Waals surface area contributed by atoms with Gasteiger partial charge >= 0.3 is 6.09 Å². The predicted molar refractivity (Wildman–Crippen MR) is 149 cm³/mol. The van der Waals surface area contributed by atoms with Gasteiger partial charge in [-0.05, 0) is 31.7 Å². The van der Waals surface area contributed by atoms with Gasteiger partial charge in [0, 0.05) is 18.2 Å². The third-order valence-corrected chi connectivity index (χ3v) is 7.26. The number of amides is 1. The average molecular weight is 505 g/mol. The molecule has 0 fully saturated rings. The maximum atomic E-state index is 13.5. The van der Waals surface area contributed by atoms with Crippen LogP contribution in [0, 0.1) is 10.1 Å². The van der Waals surface area contributed by atoms with Crippen LogP contribution in [0.5, 0.6) is 0 Å². The summed E-state index contributed by atoms with van der Waals surface area (Å²) >= 11 is 0. The Morgan fingerprint density at radius 1 is 0.806 bits per heavy atom. The average Bonchev–Trinajstić information content (AvgIpc) is 2.89. The fourth-order valence-corrected chi connectivity index (χ4v) is 5.02. The molecule has 0 spiro atoms. The summed E-state index contributed by atoms with van der Waals surface area (Å²) in [4.78, 5) is 26.4. The van der Waals surface area contributed by atoms with Gasteiger partial charge in [-0.3, -0.25) is 10.1 Å². The summed E-state index contributed by atoms with van der Waals surface area (Å²) < 4.78 is 5.75. The minimum absolute atomic E-state index is 0.00454. The number of benzene rings is 1. The number of para-hydroxylation sites is 1. The molecule has 1 aromatic rings. The van der Waals surface area contributed by atoms with Crippen molar-refractivity contribution in [1.82, 2.24) is 4.90 Å². The van der Waals surface area contributed by atoms with Crippen LogP contribution in [0.15, 0.2) is 24.3 Å². The number of nitro benzene ring substituents is 1. The van der Waals surface area contributed by atoms with Crippen LogP contribution in [-0.4, -0.2) is 28.0 Å². The molecule has 0 radical (unpaired) electrons. The zero-order valence-electron chi connectivity index (χ0n) is 23.5. The summed E-state index contributed by atoms with van der Waals surface area (Å²) in [6.45, 7) is 8.70. The van der Waals surface area contributed by atoms with Crippen molar-refractivity contribution < 1.29 is 14.5 Å². The number of carbonyl (C=O) groups is 1. The van der Waals surface area contributed by atoms with Crippen molar-refractivity contribution >= 4 is 11.8 Å². The standard InChI is InChI=1S/C30H52N2O4/c1-5-9-11-13-15-17-22-27(7-3)31(28(8-4)23-18-16-14-12-10-6-2)30(33)36-25-26-21-19-20-24-29(26)32(34)35/h19-21,24,27-28H,5-18,22-23,25H2,1-4H3. The molecule has 6 nitrogen and oxygen atoms in total. The first kappa shape index (κ1) is 31.9. The first-order valence-corrected chi connectivity index (χ1v) is 14.7. The molecule has 6 heteroatoms. The number of hydrogen-bond acceptors (Lipinski definition) is 4. The fourth-order valence-electron chi connectivity index (χ4n) is 5.02. The smallest absolute Gasteiger partial charge is 0.410 e. The zero-order valence-corrected chi connectivity index (χ0v) is 23.5. The number of hydrogen-bond donors (Lipinski definition) is 0. The second-order valence-corrected chi connectivity index (χ2v) is 10.1. The van der Waals surface area contributed by atoms with Crippen LogP contribution >= 0.6 is 0 Å². The number of carbonyl (C=O) groups excluding carboxylic acids is 1. The van der Waals surface area contributed by atoms with Crippen molar-refractivity contribution in [3.8, 4) is 0 Å². The molecule has 0 aliphatic carbocycles. The van der Waals surface area contributed by atoms with Gasteiger partial charge in [-0.25, -0.2) is 4.79 Å². The minimum atomic E-state index is -0.415. The number of unbranched alkanes of at least 4 members (excludes halogenated alkanes) is 10. The molecule has 36 heavy (non-hydrogen) atoms. The van der Waals surface area contributed by atoms with Crippen LogP contribution in [-0.2, 0) is 11.3 Å². The third-order valence-electron chi connectivity index (χ3n) is 7.26. The highest BCUT2D eigenvalue weighted by Gasteiger charge is 2.30. The van der Waals surface area contributed by atoms with Gasteiger partial charge in [0.05, 0.1) is 10.5 Å². The molecule has 0 aliphatic heterocycles. The van der Waals surface area contributed by atoms with Gasteiger partial charge in [-0.1, -0.05) is 117 Å². The molecule has 0 N–H and O–H groups in total. The maximum absolute atomic E-state index is 13.5. The monoisotopic (exact) mass is 504 g/mol. The van der Waals surface area contributed by atoms with Gasteiger partial charge in [0.2, 0.25) is 0 Å². The number of nitrogens with zero attached hydrogens (tertiary/aromatic N) is 2. The van der Waals surface area contributed by atoms with Crippen molar-refractivity contribution in [2.75, 3.05) is 0 Å². The molecule has 1 aromatic carbocycles. The summed E-state index contributed by atoms with van der Waals surface area (Å²) in [6.07, 6.45) is 18.2. The summed E-state index contributed by atoms with van der Waals surface area (Å²) in [6, 6.07) is 6.78. The van der Waals surface area contributed by atoms with E-state index in [9.17, 15) is 14.9 Å². The molecular weight excluding hydrogens is 452 g/mol. The van der Waals surface area contributed by atoms with E-state index < -0.39 is 4.92 Å². The Hall–Kier alpha value is -2.11. The first-order valence-electron chi connectivity index (χ1n) is 14.7. The predicted octanol–water partition coefficient (Wildman–Crippen LogP) is 9.59. The highest BCUT2D eigenvalue weighted by Crippen LogP contribution is 2.25. The van der Waals surface area contributed by atoms with E-state index in [4.69, 9.17) is 4.74 Å². The Balaban J connectivity index is 2.88. The van der Waals surface area contributed by atoms with Gasteiger partial charge in [-0.2, -0.15) is 0 Å². The molecule has 0 heterocycles. The Labute approximate surface area is 220 Å². The van der Waals surface area contributed by atoms with E-state index in [0.29, 0.717) is 5.56 Å². The Bertz CT molecular complexity index is 701. The number of ether oxygens (including phenoxy) is 1. The van der Waals surface area contributed by atoms with E-state index in [1.54, 1.807) is 18.2 Å². The van der Waals surface area contributed by atoms with Gasteiger partial charge in [0.1, 0.15) is 6.61 Å². The highest BCUT2D eigenvalue weighted by molar-refractivity contribution is 5.68. The molecule has 2 unspecified atom stereocenters. The van der Waals surface area contributed by atoms with Crippen LogP contribution in [0.1, 0.15) is 136 Å². The Morgan fingerprint density at radius 3 is 1.75 bits per heavy atom. The quantitative estimate of drug-likeness (QED) is 0.0948. The molecular formula is C30H52N2O4. The summed E-state index contributed by atoms with van der Waals surface area (Å²) in [5.41, 5.74) is 0.429. The van der Waals surface area contributed by atoms with E-state index in [-0.39, 0.29) is 30.5 Å². The number of nitro groups is 1. The normalized spacial score (nSPS) is 12.8. The lowest BCUT2D eigenvalue weighted by molar-refractivity contribution is -0.385. The molecule has 0 aliphatic rings.